The van der Waals surface area contributed by atoms with E-state index in [1.165, 1.54) is 18.9 Å². The average molecular weight is 187 g/mol. The van der Waals surface area contributed by atoms with Gasteiger partial charge in [0.2, 0.25) is 5.24 Å². The van der Waals surface area contributed by atoms with E-state index in [-0.39, 0.29) is 0 Å². The molecule has 0 saturated heterocycles. The molecule has 0 fully saturated rings. The first kappa shape index (κ1) is 11.4. The molecule has 1 nitrogen and oxygen atoms in total. The van der Waals surface area contributed by atoms with E-state index in [2.05, 4.69) is 19.9 Å². The van der Waals surface area contributed by atoms with Crippen LogP contribution in [0.25, 0.3) is 0 Å². The highest BCUT2D eigenvalue weighted by Gasteiger charge is 1.91. The first-order valence-electron chi connectivity index (χ1n) is 4.21. The van der Waals surface area contributed by atoms with E-state index < -0.39 is 5.24 Å². The Balaban J connectivity index is 3.67. The molecule has 2 heteroatoms. The topological polar surface area (TPSA) is 17.1 Å². The van der Waals surface area contributed by atoms with Crippen LogP contribution in [0.5, 0.6) is 0 Å². The van der Waals surface area contributed by atoms with Gasteiger partial charge in [0.25, 0.3) is 0 Å². The maximum atomic E-state index is 10.3. The molecule has 0 aromatic carbocycles. The van der Waals surface area contributed by atoms with Gasteiger partial charge in [0.1, 0.15) is 0 Å². The Hall–Kier alpha value is -0.560. The van der Waals surface area contributed by atoms with Crippen LogP contribution in [0.3, 0.4) is 0 Å². The molecule has 0 bridgehead atoms. The Morgan fingerprint density at radius 2 is 2.17 bits per heavy atom. The number of hydrogen-bond donors (Lipinski definition) is 0. The van der Waals surface area contributed by atoms with Crippen LogP contribution in [0.2, 0.25) is 0 Å². The van der Waals surface area contributed by atoms with Crippen molar-refractivity contribution < 1.29 is 4.79 Å². The summed E-state index contributed by atoms with van der Waals surface area (Å²) < 4.78 is 0. The van der Waals surface area contributed by atoms with Crippen LogP contribution in [0.1, 0.15) is 26.7 Å². The summed E-state index contributed by atoms with van der Waals surface area (Å²) >= 11 is 5.09. The molecular formula is C10H15ClO. The Labute approximate surface area is 79.1 Å². The third-order valence-electron chi connectivity index (χ3n) is 1.52. The third-order valence-corrected chi connectivity index (χ3v) is 1.65. The van der Waals surface area contributed by atoms with Gasteiger partial charge in [-0.2, -0.15) is 0 Å². The fraction of sp³-hybridized carbons (Fsp3) is 0.500. The van der Waals surface area contributed by atoms with Crippen LogP contribution < -0.4 is 0 Å². The van der Waals surface area contributed by atoms with Crippen molar-refractivity contribution in [3.05, 3.63) is 24.3 Å². The summed E-state index contributed by atoms with van der Waals surface area (Å²) in [5.74, 6) is 0.574. The molecule has 0 aliphatic rings. The zero-order chi connectivity index (χ0) is 9.40. The zero-order valence-corrected chi connectivity index (χ0v) is 8.34. The summed E-state index contributed by atoms with van der Waals surface area (Å²) in [4.78, 5) is 10.3. The van der Waals surface area contributed by atoms with E-state index in [1.54, 1.807) is 6.08 Å². The number of carbonyl (C=O) groups excluding carboxylic acids is 1. The second kappa shape index (κ2) is 7.11. The van der Waals surface area contributed by atoms with Crippen molar-refractivity contribution in [2.24, 2.45) is 5.92 Å². The molecule has 0 heterocycles. The summed E-state index contributed by atoms with van der Waals surface area (Å²) in [5.41, 5.74) is 0. The fourth-order valence-electron chi connectivity index (χ4n) is 0.937. The Kier molecular flexibility index (Phi) is 6.78. The van der Waals surface area contributed by atoms with Crippen molar-refractivity contribution in [1.29, 1.82) is 0 Å². The zero-order valence-electron chi connectivity index (χ0n) is 7.59. The molecule has 0 aromatic heterocycles. The summed E-state index contributed by atoms with van der Waals surface area (Å²) in [7, 11) is 0. The molecule has 12 heavy (non-hydrogen) atoms. The lowest BCUT2D eigenvalue weighted by molar-refractivity contribution is -0.107. The summed E-state index contributed by atoms with van der Waals surface area (Å²) in [6.45, 7) is 4.30. The van der Waals surface area contributed by atoms with Crippen LogP contribution in [0.4, 0.5) is 0 Å². The van der Waals surface area contributed by atoms with Gasteiger partial charge in [0.15, 0.2) is 0 Å². The van der Waals surface area contributed by atoms with E-state index in [9.17, 15) is 4.79 Å². The number of halogens is 1. The van der Waals surface area contributed by atoms with E-state index in [0.717, 1.165) is 0 Å². The first-order chi connectivity index (χ1) is 5.66. The molecule has 0 aliphatic heterocycles. The lowest BCUT2D eigenvalue weighted by atomic mass is 10.1. The standard InChI is InChI=1S/C10H15ClO/c1-3-6-9(2)7-4-5-8-10(11)12/h4-5,7-9H,3,6H2,1-2H3/b7-4+,8-5+. The molecule has 1 atom stereocenters. The molecule has 68 valence electrons. The Morgan fingerprint density at radius 3 is 2.67 bits per heavy atom. The molecule has 0 radical (unpaired) electrons. The minimum absolute atomic E-state index is 0.428. The van der Waals surface area contributed by atoms with Gasteiger partial charge < -0.3 is 0 Å². The van der Waals surface area contributed by atoms with Crippen molar-refractivity contribution in [2.75, 3.05) is 0 Å². The maximum Gasteiger partial charge on any atom is 0.245 e. The molecule has 0 aliphatic carbocycles. The predicted octanol–water partition coefficient (Wildman–Crippen LogP) is 3.30. The highest BCUT2D eigenvalue weighted by atomic mass is 35.5. The summed E-state index contributed by atoms with van der Waals surface area (Å²) in [5, 5.41) is -0.428. The van der Waals surface area contributed by atoms with Crippen LogP contribution in [0.15, 0.2) is 24.3 Å². The van der Waals surface area contributed by atoms with Crippen LogP contribution in [0, 0.1) is 5.92 Å². The predicted molar refractivity (Wildman–Crippen MR) is 53.2 cm³/mol. The highest BCUT2D eigenvalue weighted by molar-refractivity contribution is 6.66. The van der Waals surface area contributed by atoms with Crippen molar-refractivity contribution in [1.82, 2.24) is 0 Å². The largest absolute Gasteiger partial charge is 0.276 e. The lowest BCUT2D eigenvalue weighted by Gasteiger charge is -2.00. The van der Waals surface area contributed by atoms with Crippen molar-refractivity contribution in [3.8, 4) is 0 Å². The second-order valence-corrected chi connectivity index (χ2v) is 3.19. The molecule has 0 spiro atoms. The van der Waals surface area contributed by atoms with E-state index >= 15 is 0 Å². The SMILES string of the molecule is CCCC(C)/C=C/C=C/C(=O)Cl. The smallest absolute Gasteiger partial charge is 0.245 e. The minimum atomic E-state index is -0.428. The molecular weight excluding hydrogens is 172 g/mol. The number of hydrogen-bond acceptors (Lipinski definition) is 1. The van der Waals surface area contributed by atoms with Crippen molar-refractivity contribution in [3.63, 3.8) is 0 Å². The Bertz CT molecular complexity index is 182. The molecule has 1 unspecified atom stereocenters. The van der Waals surface area contributed by atoms with Gasteiger partial charge in [0.05, 0.1) is 0 Å². The molecule has 0 saturated carbocycles. The minimum Gasteiger partial charge on any atom is -0.276 e. The van der Waals surface area contributed by atoms with Gasteiger partial charge in [-0.05, 0) is 30.0 Å². The van der Waals surface area contributed by atoms with Gasteiger partial charge in [-0.1, -0.05) is 38.5 Å². The van der Waals surface area contributed by atoms with Crippen molar-refractivity contribution >= 4 is 16.8 Å². The van der Waals surface area contributed by atoms with E-state index in [0.29, 0.717) is 5.92 Å². The number of carbonyl (C=O) groups is 1. The van der Waals surface area contributed by atoms with Crippen LogP contribution >= 0.6 is 11.6 Å². The van der Waals surface area contributed by atoms with E-state index in [4.69, 9.17) is 11.6 Å². The lowest BCUT2D eigenvalue weighted by Crippen LogP contribution is -1.86. The number of rotatable bonds is 5. The normalized spacial score (nSPS) is 14.2. The average Bonchev–Trinajstić information content (AvgIpc) is 1.98. The molecule has 0 aromatic rings. The second-order valence-electron chi connectivity index (χ2n) is 2.81. The fourth-order valence-corrected chi connectivity index (χ4v) is 1.01. The quantitative estimate of drug-likeness (QED) is 0.366. The summed E-state index contributed by atoms with van der Waals surface area (Å²) in [6.07, 6.45) is 9.31. The first-order valence-corrected chi connectivity index (χ1v) is 4.59. The van der Waals surface area contributed by atoms with Crippen LogP contribution in [-0.2, 0) is 4.79 Å². The molecule has 0 amide bonds. The number of allylic oxidation sites excluding steroid dienone is 4. The van der Waals surface area contributed by atoms with Crippen LogP contribution in [-0.4, -0.2) is 5.24 Å². The van der Waals surface area contributed by atoms with Gasteiger partial charge >= 0.3 is 0 Å². The molecule has 0 N–H and O–H groups in total. The van der Waals surface area contributed by atoms with Crippen molar-refractivity contribution in [2.45, 2.75) is 26.7 Å². The van der Waals surface area contributed by atoms with Gasteiger partial charge in [-0.3, -0.25) is 4.79 Å². The monoisotopic (exact) mass is 186 g/mol. The Morgan fingerprint density at radius 1 is 1.50 bits per heavy atom. The van der Waals surface area contributed by atoms with Gasteiger partial charge in [0, 0.05) is 0 Å². The van der Waals surface area contributed by atoms with Gasteiger partial charge in [-0.15, -0.1) is 0 Å². The maximum absolute atomic E-state index is 10.3. The molecule has 0 rings (SSSR count). The summed E-state index contributed by atoms with van der Waals surface area (Å²) in [6, 6.07) is 0. The highest BCUT2D eigenvalue weighted by Crippen LogP contribution is 2.05. The van der Waals surface area contributed by atoms with Gasteiger partial charge in [-0.25, -0.2) is 0 Å². The van der Waals surface area contributed by atoms with E-state index in [1.807, 2.05) is 6.08 Å². The third kappa shape index (κ3) is 7.55.